The van der Waals surface area contributed by atoms with Gasteiger partial charge in [-0.05, 0) is 35.2 Å². The fourth-order valence-electron chi connectivity index (χ4n) is 1.95. The number of thiophene rings is 1. The molecule has 1 heterocycles. The fraction of sp³-hybridized carbons (Fsp3) is 0.667. The van der Waals surface area contributed by atoms with Gasteiger partial charge in [0.25, 0.3) is 0 Å². The third-order valence-corrected chi connectivity index (χ3v) is 3.81. The maximum atomic E-state index is 11.6. The second kappa shape index (κ2) is 9.41. The summed E-state index contributed by atoms with van der Waals surface area (Å²) in [5.74, 6) is 0.437. The van der Waals surface area contributed by atoms with Crippen LogP contribution in [0.2, 0.25) is 0 Å². The molecule has 0 radical (unpaired) electrons. The molecule has 0 fully saturated rings. The van der Waals surface area contributed by atoms with Gasteiger partial charge in [-0.3, -0.25) is 4.79 Å². The Morgan fingerprint density at radius 1 is 1.12 bits per heavy atom. The molecule has 0 unspecified atom stereocenters. The van der Waals surface area contributed by atoms with Gasteiger partial charge in [0.2, 0.25) is 0 Å². The van der Waals surface area contributed by atoms with Gasteiger partial charge in [-0.15, -0.1) is 0 Å². The third kappa shape index (κ3) is 7.32. The summed E-state index contributed by atoms with van der Waals surface area (Å²) in [6.45, 7) is 2.23. The Kier molecular flexibility index (Phi) is 7.98. The van der Waals surface area contributed by atoms with E-state index >= 15 is 0 Å². The van der Waals surface area contributed by atoms with Crippen molar-refractivity contribution in [2.45, 2.75) is 64.7 Å². The van der Waals surface area contributed by atoms with Gasteiger partial charge in [-0.1, -0.05) is 39.0 Å². The van der Waals surface area contributed by atoms with Crippen LogP contribution in [0.4, 0.5) is 0 Å². The van der Waals surface area contributed by atoms with Gasteiger partial charge in [-0.2, -0.15) is 11.3 Å². The second-order valence-corrected chi connectivity index (χ2v) is 5.47. The lowest BCUT2D eigenvalue weighted by atomic mass is 10.0. The van der Waals surface area contributed by atoms with Crippen LogP contribution in [0, 0.1) is 0 Å². The summed E-state index contributed by atoms with van der Waals surface area (Å²) in [7, 11) is 0. The minimum atomic E-state index is 0.437. The van der Waals surface area contributed by atoms with Gasteiger partial charge < -0.3 is 0 Å². The van der Waals surface area contributed by atoms with Crippen LogP contribution in [0.15, 0.2) is 16.8 Å². The van der Waals surface area contributed by atoms with E-state index in [0.29, 0.717) is 5.78 Å². The summed E-state index contributed by atoms with van der Waals surface area (Å²) in [6, 6.07) is 2.11. The number of carbonyl (C=O) groups is 1. The molecule has 0 amide bonds. The average molecular weight is 252 g/mol. The van der Waals surface area contributed by atoms with Crippen LogP contribution in [-0.4, -0.2) is 5.78 Å². The highest BCUT2D eigenvalue weighted by atomic mass is 32.1. The quantitative estimate of drug-likeness (QED) is 0.535. The number of carbonyl (C=O) groups excluding carboxylic acids is 1. The van der Waals surface area contributed by atoms with E-state index in [-0.39, 0.29) is 0 Å². The SMILES string of the molecule is CCCCCCCCC(=O)CCc1ccsc1. The number of unbranched alkanes of at least 4 members (excludes halogenated alkanes) is 5. The van der Waals surface area contributed by atoms with Gasteiger partial charge in [-0.25, -0.2) is 0 Å². The monoisotopic (exact) mass is 252 g/mol. The Balaban J connectivity index is 1.94. The van der Waals surface area contributed by atoms with Crippen LogP contribution < -0.4 is 0 Å². The summed E-state index contributed by atoms with van der Waals surface area (Å²) in [6.07, 6.45) is 10.0. The fourth-order valence-corrected chi connectivity index (χ4v) is 2.65. The van der Waals surface area contributed by atoms with Crippen LogP contribution in [0.5, 0.6) is 0 Å². The topological polar surface area (TPSA) is 17.1 Å². The van der Waals surface area contributed by atoms with Crippen molar-refractivity contribution in [3.63, 3.8) is 0 Å². The summed E-state index contributed by atoms with van der Waals surface area (Å²) < 4.78 is 0. The van der Waals surface area contributed by atoms with Crippen molar-refractivity contribution in [1.29, 1.82) is 0 Å². The minimum Gasteiger partial charge on any atom is -0.300 e. The summed E-state index contributed by atoms with van der Waals surface area (Å²) in [5.41, 5.74) is 1.31. The first-order chi connectivity index (χ1) is 8.33. The highest BCUT2D eigenvalue weighted by Crippen LogP contribution is 2.11. The van der Waals surface area contributed by atoms with E-state index in [1.54, 1.807) is 11.3 Å². The van der Waals surface area contributed by atoms with Gasteiger partial charge in [0.15, 0.2) is 0 Å². The normalized spacial score (nSPS) is 10.6. The molecule has 0 aliphatic heterocycles. The molecule has 17 heavy (non-hydrogen) atoms. The molecule has 0 N–H and O–H groups in total. The number of Topliss-reactive ketones (excluding diaryl/α,β-unsaturated/α-hetero) is 1. The van der Waals surface area contributed by atoms with Crippen LogP contribution in [0.1, 0.15) is 63.9 Å². The Hall–Kier alpha value is -0.630. The predicted octanol–water partition coefficient (Wildman–Crippen LogP) is 5.00. The molecule has 0 saturated heterocycles. The van der Waals surface area contributed by atoms with E-state index in [0.717, 1.165) is 25.7 Å². The van der Waals surface area contributed by atoms with E-state index < -0.39 is 0 Å². The largest absolute Gasteiger partial charge is 0.300 e. The molecule has 1 aromatic heterocycles. The van der Waals surface area contributed by atoms with Crippen molar-refractivity contribution in [3.8, 4) is 0 Å². The highest BCUT2D eigenvalue weighted by molar-refractivity contribution is 7.07. The molecule has 96 valence electrons. The first-order valence-corrected chi connectivity index (χ1v) is 7.80. The Morgan fingerprint density at radius 3 is 2.59 bits per heavy atom. The molecular weight excluding hydrogens is 228 g/mol. The first kappa shape index (κ1) is 14.4. The minimum absolute atomic E-state index is 0.437. The van der Waals surface area contributed by atoms with Crippen molar-refractivity contribution in [2.75, 3.05) is 0 Å². The molecule has 2 heteroatoms. The molecule has 0 aromatic carbocycles. The van der Waals surface area contributed by atoms with Gasteiger partial charge in [0.05, 0.1) is 0 Å². The smallest absolute Gasteiger partial charge is 0.133 e. The van der Waals surface area contributed by atoms with Gasteiger partial charge in [0, 0.05) is 12.8 Å². The van der Waals surface area contributed by atoms with E-state index in [1.165, 1.54) is 37.7 Å². The molecule has 1 nitrogen and oxygen atoms in total. The lowest BCUT2D eigenvalue weighted by molar-refractivity contribution is -0.119. The van der Waals surface area contributed by atoms with Gasteiger partial charge in [0.1, 0.15) is 5.78 Å². The Bertz CT molecular complexity index is 290. The zero-order valence-electron chi connectivity index (χ0n) is 10.9. The van der Waals surface area contributed by atoms with Crippen molar-refractivity contribution >= 4 is 17.1 Å². The Labute approximate surface area is 109 Å². The average Bonchev–Trinajstić information content (AvgIpc) is 2.84. The lowest BCUT2D eigenvalue weighted by Gasteiger charge is -2.01. The highest BCUT2D eigenvalue weighted by Gasteiger charge is 2.02. The van der Waals surface area contributed by atoms with E-state index in [2.05, 4.69) is 23.8 Å². The van der Waals surface area contributed by atoms with Crippen molar-refractivity contribution in [1.82, 2.24) is 0 Å². The predicted molar refractivity (Wildman–Crippen MR) is 75.6 cm³/mol. The standard InChI is InChI=1S/C15H24OS/c1-2-3-4-5-6-7-8-15(16)10-9-14-11-12-17-13-14/h11-13H,2-10H2,1H3. The summed E-state index contributed by atoms with van der Waals surface area (Å²) in [5, 5.41) is 4.21. The van der Waals surface area contributed by atoms with Crippen LogP contribution in [0.25, 0.3) is 0 Å². The van der Waals surface area contributed by atoms with E-state index in [9.17, 15) is 4.79 Å². The number of hydrogen-bond donors (Lipinski definition) is 0. The number of hydrogen-bond acceptors (Lipinski definition) is 2. The molecule has 0 atom stereocenters. The molecular formula is C15H24OS. The number of aryl methyl sites for hydroxylation is 1. The van der Waals surface area contributed by atoms with E-state index in [1.807, 2.05) is 0 Å². The van der Waals surface area contributed by atoms with Crippen LogP contribution in [0.3, 0.4) is 0 Å². The van der Waals surface area contributed by atoms with Crippen LogP contribution >= 0.6 is 11.3 Å². The van der Waals surface area contributed by atoms with Gasteiger partial charge >= 0.3 is 0 Å². The summed E-state index contributed by atoms with van der Waals surface area (Å²) in [4.78, 5) is 11.6. The zero-order valence-corrected chi connectivity index (χ0v) is 11.7. The van der Waals surface area contributed by atoms with Crippen molar-refractivity contribution in [3.05, 3.63) is 22.4 Å². The maximum Gasteiger partial charge on any atom is 0.133 e. The molecule has 1 rings (SSSR count). The molecule has 0 aliphatic rings. The maximum absolute atomic E-state index is 11.6. The molecule has 0 saturated carbocycles. The van der Waals surface area contributed by atoms with Crippen molar-refractivity contribution in [2.24, 2.45) is 0 Å². The first-order valence-electron chi connectivity index (χ1n) is 6.85. The number of ketones is 1. The summed E-state index contributed by atoms with van der Waals surface area (Å²) >= 11 is 1.71. The molecule has 0 spiro atoms. The molecule has 0 aliphatic carbocycles. The second-order valence-electron chi connectivity index (χ2n) is 4.69. The van der Waals surface area contributed by atoms with E-state index in [4.69, 9.17) is 0 Å². The number of rotatable bonds is 10. The Morgan fingerprint density at radius 2 is 1.88 bits per heavy atom. The molecule has 1 aromatic rings. The molecule has 0 bridgehead atoms. The van der Waals surface area contributed by atoms with Crippen LogP contribution in [-0.2, 0) is 11.2 Å². The lowest BCUT2D eigenvalue weighted by Crippen LogP contribution is -1.99. The van der Waals surface area contributed by atoms with Crippen molar-refractivity contribution < 1.29 is 4.79 Å². The zero-order chi connectivity index (χ0) is 12.3. The third-order valence-electron chi connectivity index (χ3n) is 3.08.